The van der Waals surface area contributed by atoms with Crippen LogP contribution < -0.4 is 9.64 Å². The van der Waals surface area contributed by atoms with E-state index in [9.17, 15) is 4.79 Å². The van der Waals surface area contributed by atoms with Gasteiger partial charge in [0, 0.05) is 18.1 Å². The lowest BCUT2D eigenvalue weighted by Gasteiger charge is -2.23. The first-order valence-electron chi connectivity index (χ1n) is 10.3. The van der Waals surface area contributed by atoms with Crippen molar-refractivity contribution < 1.29 is 13.9 Å². The molecule has 7 nitrogen and oxygen atoms in total. The molecular weight excluding hydrogens is 456 g/mol. The fourth-order valence-corrected chi connectivity index (χ4v) is 5.35. The molecular formula is C24H24N4O3S2. The average Bonchev–Trinajstić information content (AvgIpc) is 3.44. The summed E-state index contributed by atoms with van der Waals surface area (Å²) in [5.41, 5.74) is 5.73. The van der Waals surface area contributed by atoms with Crippen LogP contribution in [0.15, 0.2) is 51.4 Å². The second kappa shape index (κ2) is 9.76. The summed E-state index contributed by atoms with van der Waals surface area (Å²) in [6, 6.07) is 11.7. The Morgan fingerprint density at radius 3 is 2.58 bits per heavy atom. The number of thiazole rings is 1. The first kappa shape index (κ1) is 23.0. The number of hydrogen-bond donors (Lipinski definition) is 0. The van der Waals surface area contributed by atoms with E-state index in [0.29, 0.717) is 27.7 Å². The largest absolute Gasteiger partial charge is 0.496 e. The molecule has 0 saturated heterocycles. The minimum absolute atomic E-state index is 0.0723. The zero-order chi connectivity index (χ0) is 23.5. The standard InChI is InChI=1S/C24H24N4O3S2/c1-14-10-15(2)21(16(3)11-14)28(17(4)29)23-25-18(12-32-23)13-33-24-27-26-22(31-24)19-8-6-7-9-20(19)30-5/h6-12H,13H2,1-5H3. The fourth-order valence-electron chi connectivity index (χ4n) is 3.71. The van der Waals surface area contributed by atoms with Crippen LogP contribution in [0.4, 0.5) is 10.8 Å². The van der Waals surface area contributed by atoms with Gasteiger partial charge in [-0.1, -0.05) is 41.6 Å². The van der Waals surface area contributed by atoms with Crippen LogP contribution in [0.5, 0.6) is 5.75 Å². The number of ether oxygens (including phenoxy) is 1. The van der Waals surface area contributed by atoms with Gasteiger partial charge in [-0.15, -0.1) is 21.5 Å². The Balaban J connectivity index is 1.51. The van der Waals surface area contributed by atoms with Crippen LogP contribution in [0.25, 0.3) is 11.5 Å². The highest BCUT2D eigenvalue weighted by Gasteiger charge is 2.22. The molecule has 0 spiro atoms. The van der Waals surface area contributed by atoms with Crippen LogP contribution >= 0.6 is 23.1 Å². The van der Waals surface area contributed by atoms with Gasteiger partial charge in [0.25, 0.3) is 11.1 Å². The minimum atomic E-state index is -0.0723. The summed E-state index contributed by atoms with van der Waals surface area (Å²) in [6.07, 6.45) is 0. The molecule has 0 saturated carbocycles. The summed E-state index contributed by atoms with van der Waals surface area (Å²) in [5, 5.41) is 11.3. The molecule has 33 heavy (non-hydrogen) atoms. The summed E-state index contributed by atoms with van der Waals surface area (Å²) >= 11 is 2.84. The Kier molecular flexibility index (Phi) is 6.80. The number of amides is 1. The van der Waals surface area contributed by atoms with Gasteiger partial charge in [0.2, 0.25) is 5.91 Å². The van der Waals surface area contributed by atoms with Crippen LogP contribution in [0, 0.1) is 20.8 Å². The van der Waals surface area contributed by atoms with Crippen LogP contribution in [-0.4, -0.2) is 28.2 Å². The molecule has 0 aliphatic heterocycles. The number of para-hydroxylation sites is 1. The first-order valence-corrected chi connectivity index (χ1v) is 12.2. The highest BCUT2D eigenvalue weighted by atomic mass is 32.2. The molecule has 0 bridgehead atoms. The molecule has 0 aliphatic rings. The Morgan fingerprint density at radius 2 is 1.88 bits per heavy atom. The van der Waals surface area contributed by atoms with Crippen molar-refractivity contribution in [2.24, 2.45) is 0 Å². The van der Waals surface area contributed by atoms with Crippen molar-refractivity contribution in [1.29, 1.82) is 0 Å². The topological polar surface area (TPSA) is 81.4 Å². The van der Waals surface area contributed by atoms with Gasteiger partial charge >= 0.3 is 0 Å². The second-order valence-electron chi connectivity index (χ2n) is 7.59. The summed E-state index contributed by atoms with van der Waals surface area (Å²) < 4.78 is 11.2. The Morgan fingerprint density at radius 1 is 1.15 bits per heavy atom. The average molecular weight is 481 g/mol. The van der Waals surface area contributed by atoms with Gasteiger partial charge in [-0.25, -0.2) is 4.98 Å². The van der Waals surface area contributed by atoms with E-state index in [2.05, 4.69) is 29.3 Å². The number of thioether (sulfide) groups is 1. The second-order valence-corrected chi connectivity index (χ2v) is 9.35. The van der Waals surface area contributed by atoms with Crippen LogP contribution in [0.3, 0.4) is 0 Å². The molecule has 0 N–H and O–H groups in total. The summed E-state index contributed by atoms with van der Waals surface area (Å²) in [4.78, 5) is 19.0. The summed E-state index contributed by atoms with van der Waals surface area (Å²) in [6.45, 7) is 7.65. The minimum Gasteiger partial charge on any atom is -0.496 e. The van der Waals surface area contributed by atoms with Crippen molar-refractivity contribution in [3.63, 3.8) is 0 Å². The number of benzene rings is 2. The van der Waals surface area contributed by atoms with E-state index in [4.69, 9.17) is 14.1 Å². The van der Waals surface area contributed by atoms with Gasteiger partial charge in [0.15, 0.2) is 5.13 Å². The van der Waals surface area contributed by atoms with Gasteiger partial charge in [0.1, 0.15) is 5.75 Å². The third kappa shape index (κ3) is 4.94. The molecule has 9 heteroatoms. The maximum absolute atomic E-state index is 12.6. The Hall–Kier alpha value is -3.17. The van der Waals surface area contributed by atoms with E-state index in [0.717, 1.165) is 28.1 Å². The molecule has 170 valence electrons. The SMILES string of the molecule is COc1ccccc1-c1nnc(SCc2csc(N(C(C)=O)c3c(C)cc(C)cc3C)n2)o1. The van der Waals surface area contributed by atoms with E-state index >= 15 is 0 Å². The van der Waals surface area contributed by atoms with Gasteiger partial charge in [-0.05, 0) is 44.0 Å². The number of carbonyl (C=O) groups excluding carboxylic acids is 1. The molecule has 0 unspecified atom stereocenters. The molecule has 2 heterocycles. The quantitative estimate of drug-likeness (QED) is 0.295. The molecule has 1 amide bonds. The van der Waals surface area contributed by atoms with Gasteiger partial charge < -0.3 is 9.15 Å². The lowest BCUT2D eigenvalue weighted by Crippen LogP contribution is -2.24. The maximum Gasteiger partial charge on any atom is 0.277 e. The summed E-state index contributed by atoms with van der Waals surface area (Å²) in [5.74, 6) is 1.55. The number of methoxy groups -OCH3 is 1. The van der Waals surface area contributed by atoms with Crippen molar-refractivity contribution in [2.45, 2.75) is 38.7 Å². The lowest BCUT2D eigenvalue weighted by atomic mass is 10.0. The number of rotatable bonds is 7. The summed E-state index contributed by atoms with van der Waals surface area (Å²) in [7, 11) is 1.61. The lowest BCUT2D eigenvalue weighted by molar-refractivity contribution is -0.115. The number of anilines is 2. The van der Waals surface area contributed by atoms with E-state index in [1.807, 2.05) is 43.5 Å². The van der Waals surface area contributed by atoms with Gasteiger partial charge in [-0.2, -0.15) is 0 Å². The van der Waals surface area contributed by atoms with Crippen molar-refractivity contribution in [1.82, 2.24) is 15.2 Å². The highest BCUT2D eigenvalue weighted by Crippen LogP contribution is 2.36. The number of nitrogens with zero attached hydrogens (tertiary/aromatic N) is 4. The van der Waals surface area contributed by atoms with Crippen molar-refractivity contribution in [3.05, 3.63) is 64.2 Å². The zero-order valence-electron chi connectivity index (χ0n) is 19.1. The van der Waals surface area contributed by atoms with Crippen molar-refractivity contribution in [3.8, 4) is 17.2 Å². The van der Waals surface area contributed by atoms with Crippen LogP contribution in [0.1, 0.15) is 29.3 Å². The molecule has 4 aromatic rings. The Labute approximate surface area is 200 Å². The fraction of sp³-hybridized carbons (Fsp3) is 0.250. The number of carbonyl (C=O) groups is 1. The van der Waals surface area contributed by atoms with Gasteiger partial charge in [-0.3, -0.25) is 9.69 Å². The molecule has 4 rings (SSSR count). The molecule has 2 aromatic heterocycles. The van der Waals surface area contributed by atoms with E-state index < -0.39 is 0 Å². The smallest absolute Gasteiger partial charge is 0.277 e. The highest BCUT2D eigenvalue weighted by molar-refractivity contribution is 7.98. The molecule has 0 radical (unpaired) electrons. The van der Waals surface area contributed by atoms with Gasteiger partial charge in [0.05, 0.1) is 24.1 Å². The van der Waals surface area contributed by atoms with Crippen molar-refractivity contribution >= 4 is 39.8 Å². The van der Waals surface area contributed by atoms with Crippen LogP contribution in [-0.2, 0) is 10.5 Å². The number of hydrogen-bond acceptors (Lipinski definition) is 8. The van der Waals surface area contributed by atoms with E-state index in [-0.39, 0.29) is 5.91 Å². The number of aromatic nitrogens is 3. The van der Waals surface area contributed by atoms with Crippen molar-refractivity contribution in [2.75, 3.05) is 12.0 Å². The molecule has 0 fully saturated rings. The number of aryl methyl sites for hydroxylation is 3. The molecule has 0 atom stereocenters. The molecule has 0 aliphatic carbocycles. The van der Waals surface area contributed by atoms with E-state index in [1.165, 1.54) is 28.7 Å². The third-order valence-corrected chi connectivity index (χ3v) is 6.72. The normalized spacial score (nSPS) is 10.9. The zero-order valence-corrected chi connectivity index (χ0v) is 20.7. The van der Waals surface area contributed by atoms with Crippen LogP contribution in [0.2, 0.25) is 0 Å². The maximum atomic E-state index is 12.6. The molecule has 2 aromatic carbocycles. The predicted molar refractivity (Wildman–Crippen MR) is 131 cm³/mol. The first-order chi connectivity index (χ1) is 15.9. The third-order valence-electron chi connectivity index (χ3n) is 4.99. The van der Waals surface area contributed by atoms with E-state index in [1.54, 1.807) is 18.9 Å². The predicted octanol–water partition coefficient (Wildman–Crippen LogP) is 6.10. The monoisotopic (exact) mass is 480 g/mol. The Bertz CT molecular complexity index is 1280.